The van der Waals surface area contributed by atoms with Crippen LogP contribution in [0.2, 0.25) is 16.6 Å². The maximum absolute atomic E-state index is 13.9. The van der Waals surface area contributed by atoms with Crippen LogP contribution in [0.15, 0.2) is 69.3 Å². The lowest BCUT2D eigenvalue weighted by atomic mass is 10.1. The van der Waals surface area contributed by atoms with Crippen molar-refractivity contribution in [3.8, 4) is 17.1 Å². The maximum atomic E-state index is 13.9. The number of benzene rings is 2. The van der Waals surface area contributed by atoms with Crippen molar-refractivity contribution in [1.82, 2.24) is 13.9 Å². The lowest BCUT2D eigenvalue weighted by Gasteiger charge is -2.44. The number of allylic oxidation sites excluding steroid dienone is 1. The molecule has 0 N–H and O–H groups in total. The summed E-state index contributed by atoms with van der Waals surface area (Å²) >= 11 is 2.06. The van der Waals surface area contributed by atoms with E-state index in [1.54, 1.807) is 42.6 Å². The number of hydrogen-bond donors (Lipinski definition) is 0. The highest BCUT2D eigenvalue weighted by Gasteiger charge is 2.48. The first-order valence-electron chi connectivity index (χ1n) is 15.2. The predicted octanol–water partition coefficient (Wildman–Crippen LogP) is 8.79. The third kappa shape index (κ3) is 5.81. The van der Waals surface area contributed by atoms with Crippen molar-refractivity contribution >= 4 is 57.6 Å². The van der Waals surface area contributed by atoms with E-state index in [1.165, 1.54) is 11.1 Å². The van der Waals surface area contributed by atoms with Crippen molar-refractivity contribution in [1.29, 1.82) is 0 Å². The normalized spacial score (nSPS) is 16.0. The molecule has 0 bridgehead atoms. The summed E-state index contributed by atoms with van der Waals surface area (Å²) in [5.74, 6) is -0.0907. The number of ketones is 1. The van der Waals surface area contributed by atoms with E-state index in [9.17, 15) is 13.2 Å². The minimum atomic E-state index is -3.95. The molecular weight excluding hydrogens is 717 g/mol. The first-order valence-corrected chi connectivity index (χ1v) is 19.9. The van der Waals surface area contributed by atoms with Crippen LogP contribution in [-0.2, 0) is 14.4 Å². The number of carbonyl (C=O) groups excluding carboxylic acids is 1. The number of fused-ring (bicyclic) bond motifs is 2. The number of Topliss-reactive ketones (excluding diaryl/α,β-unsaturated/α-hetero) is 1. The van der Waals surface area contributed by atoms with Gasteiger partial charge in [0, 0.05) is 17.1 Å². The van der Waals surface area contributed by atoms with E-state index in [-0.39, 0.29) is 22.3 Å². The Morgan fingerprint density at radius 2 is 1.56 bits per heavy atom. The summed E-state index contributed by atoms with van der Waals surface area (Å²) in [6.07, 6.45) is 3.45. The summed E-state index contributed by atoms with van der Waals surface area (Å²) in [6.45, 7) is 15.3. The fraction of sp³-hybridized carbons (Fsp3) is 0.382. The Hall–Kier alpha value is -2.87. The number of aromatic nitrogens is 3. The summed E-state index contributed by atoms with van der Waals surface area (Å²) in [4.78, 5) is 23.7. The van der Waals surface area contributed by atoms with Crippen molar-refractivity contribution in [3.63, 3.8) is 0 Å². The highest BCUT2D eigenvalue weighted by molar-refractivity contribution is 14.1. The molecule has 0 radical (unpaired) electrons. The molecule has 5 rings (SSSR count). The smallest absolute Gasteiger partial charge is 0.268 e. The second-order valence-corrected chi connectivity index (χ2v) is 20.9. The number of aryl methyl sites for hydroxylation is 1. The number of halogens is 1. The largest absolute Gasteiger partial charge is 0.479 e. The van der Waals surface area contributed by atoms with Crippen LogP contribution in [0.25, 0.3) is 22.2 Å². The second kappa shape index (κ2) is 12.7. The SMILES string of the molecule is COc1nc2c(nc1-c1cn(S(=O)(=O)c3ccc(C)cc3)c3ccccc13)C(O[Si](C(C)C)(C(C)C)C(C)C)CC=C(I)C2=O. The van der Waals surface area contributed by atoms with Gasteiger partial charge in [-0.05, 0) is 70.8 Å². The van der Waals surface area contributed by atoms with Gasteiger partial charge in [-0.15, -0.1) is 0 Å². The standard InChI is InChI=1S/C34H40IN3O5SSi/c1-20(2)45(21(3)4,22(5)6)43-29-18-17-27(35)33(39)32-31(29)36-30(34(37-32)42-8)26-19-38(28-12-10-9-11-25(26)28)44(40,41)24-15-13-23(7)14-16-24/h9-17,19-22,29H,18H2,1-8H3. The molecule has 1 atom stereocenters. The lowest BCUT2D eigenvalue weighted by molar-refractivity contribution is 0.103. The van der Waals surface area contributed by atoms with Gasteiger partial charge in [-0.25, -0.2) is 22.4 Å². The number of ether oxygens (including phenoxy) is 1. The van der Waals surface area contributed by atoms with Crippen molar-refractivity contribution < 1.29 is 22.4 Å². The maximum Gasteiger partial charge on any atom is 0.268 e. The number of carbonyl (C=O) groups is 1. The van der Waals surface area contributed by atoms with Gasteiger partial charge in [0.25, 0.3) is 10.0 Å². The molecule has 45 heavy (non-hydrogen) atoms. The molecule has 0 saturated carbocycles. The molecule has 1 aliphatic carbocycles. The first kappa shape index (κ1) is 33.5. The summed E-state index contributed by atoms with van der Waals surface area (Å²) in [5, 5.41) is 0.668. The average Bonchev–Trinajstić information content (AvgIpc) is 3.35. The zero-order chi connectivity index (χ0) is 32.8. The number of methoxy groups -OCH3 is 1. The Balaban J connectivity index is 1.76. The molecule has 1 unspecified atom stereocenters. The summed E-state index contributed by atoms with van der Waals surface area (Å²) < 4.78 is 42.7. The molecule has 1 aliphatic rings. The lowest BCUT2D eigenvalue weighted by Crippen LogP contribution is -2.48. The van der Waals surface area contributed by atoms with Gasteiger partial charge < -0.3 is 9.16 Å². The quantitative estimate of drug-likeness (QED) is 0.124. The molecule has 4 aromatic rings. The molecule has 0 spiro atoms. The molecule has 2 heterocycles. The van der Waals surface area contributed by atoms with E-state index in [0.29, 0.717) is 54.5 Å². The minimum absolute atomic E-state index is 0.141. The van der Waals surface area contributed by atoms with Gasteiger partial charge in [0.1, 0.15) is 11.4 Å². The van der Waals surface area contributed by atoms with Gasteiger partial charge in [-0.1, -0.05) is 83.5 Å². The van der Waals surface area contributed by atoms with Crippen LogP contribution in [0.5, 0.6) is 5.88 Å². The molecule has 0 aliphatic heterocycles. The van der Waals surface area contributed by atoms with Gasteiger partial charge >= 0.3 is 0 Å². The van der Waals surface area contributed by atoms with Crippen LogP contribution in [-0.4, -0.2) is 43.6 Å². The van der Waals surface area contributed by atoms with Crippen molar-refractivity contribution in [2.24, 2.45) is 0 Å². The highest BCUT2D eigenvalue weighted by atomic mass is 127. The number of rotatable bonds is 9. The zero-order valence-electron chi connectivity index (χ0n) is 27.0. The summed E-state index contributed by atoms with van der Waals surface area (Å²) in [7, 11) is -4.87. The van der Waals surface area contributed by atoms with Crippen molar-refractivity contribution in [3.05, 3.63) is 81.3 Å². The van der Waals surface area contributed by atoms with Gasteiger partial charge in [0.15, 0.2) is 0 Å². The number of para-hydroxylation sites is 1. The van der Waals surface area contributed by atoms with E-state index in [2.05, 4.69) is 64.1 Å². The molecule has 2 aromatic carbocycles. The number of nitrogens with zero attached hydrogens (tertiary/aromatic N) is 3. The van der Waals surface area contributed by atoms with E-state index >= 15 is 0 Å². The van der Waals surface area contributed by atoms with Crippen LogP contribution in [0.1, 0.15) is 75.8 Å². The summed E-state index contributed by atoms with van der Waals surface area (Å²) in [5.41, 5.74) is 3.96. The number of hydrogen-bond acceptors (Lipinski definition) is 7. The Labute approximate surface area is 280 Å². The van der Waals surface area contributed by atoms with E-state index in [1.807, 2.05) is 25.1 Å². The molecule has 0 fully saturated rings. The molecule has 8 nitrogen and oxygen atoms in total. The van der Waals surface area contributed by atoms with E-state index < -0.39 is 24.4 Å². The Kier molecular flexibility index (Phi) is 9.47. The van der Waals surface area contributed by atoms with Crippen LogP contribution in [0.3, 0.4) is 0 Å². The van der Waals surface area contributed by atoms with Crippen LogP contribution in [0.4, 0.5) is 0 Å². The fourth-order valence-corrected chi connectivity index (χ4v) is 14.2. The summed E-state index contributed by atoms with van der Waals surface area (Å²) in [6, 6.07) is 14.1. The van der Waals surface area contributed by atoms with E-state index in [0.717, 1.165) is 5.56 Å². The highest BCUT2D eigenvalue weighted by Crippen LogP contribution is 2.47. The van der Waals surface area contributed by atoms with E-state index in [4.69, 9.17) is 19.1 Å². The van der Waals surface area contributed by atoms with Crippen molar-refractivity contribution in [2.75, 3.05) is 7.11 Å². The van der Waals surface area contributed by atoms with Gasteiger partial charge in [-0.2, -0.15) is 0 Å². The molecule has 11 heteroatoms. The fourth-order valence-electron chi connectivity index (χ4n) is 6.79. The third-order valence-corrected chi connectivity index (χ3v) is 17.6. The molecular formula is C34H40IN3O5SSi. The molecule has 2 aromatic heterocycles. The Bertz CT molecular complexity index is 1880. The predicted molar refractivity (Wildman–Crippen MR) is 189 cm³/mol. The van der Waals surface area contributed by atoms with Gasteiger partial charge in [0.2, 0.25) is 20.0 Å². The topological polar surface area (TPSA) is 100 Å². The van der Waals surface area contributed by atoms with Gasteiger partial charge in [0.05, 0.1) is 32.9 Å². The Morgan fingerprint density at radius 3 is 2.16 bits per heavy atom. The third-order valence-electron chi connectivity index (χ3n) is 8.90. The molecule has 0 amide bonds. The monoisotopic (exact) mass is 757 g/mol. The molecule has 238 valence electrons. The first-order chi connectivity index (χ1) is 21.2. The van der Waals surface area contributed by atoms with Crippen molar-refractivity contribution in [2.45, 2.75) is 82.5 Å². The average molecular weight is 758 g/mol. The zero-order valence-corrected chi connectivity index (χ0v) is 30.9. The van der Waals surface area contributed by atoms with Crippen LogP contribution < -0.4 is 4.74 Å². The second-order valence-electron chi connectivity index (χ2n) is 12.5. The Morgan fingerprint density at radius 1 is 0.933 bits per heavy atom. The van der Waals surface area contributed by atoms with Crippen LogP contribution >= 0.6 is 22.6 Å². The van der Waals surface area contributed by atoms with Gasteiger partial charge in [-0.3, -0.25) is 4.79 Å². The minimum Gasteiger partial charge on any atom is -0.479 e. The molecule has 0 saturated heterocycles. The van der Waals surface area contributed by atoms with Crippen LogP contribution in [0, 0.1) is 6.92 Å².